The van der Waals surface area contributed by atoms with Crippen molar-refractivity contribution in [1.29, 1.82) is 0 Å². The third kappa shape index (κ3) is 6.15. The van der Waals surface area contributed by atoms with Crippen molar-refractivity contribution in [3.8, 4) is 23.0 Å². The molecule has 0 fully saturated rings. The minimum absolute atomic E-state index is 0.219. The van der Waals surface area contributed by atoms with Crippen molar-refractivity contribution in [1.82, 2.24) is 5.32 Å². The highest BCUT2D eigenvalue weighted by Gasteiger charge is 2.14. The van der Waals surface area contributed by atoms with Crippen molar-refractivity contribution in [3.05, 3.63) is 83.1 Å². The Morgan fingerprint density at radius 1 is 1.13 bits per heavy atom. The molecule has 2 aromatic carbocycles. The van der Waals surface area contributed by atoms with E-state index in [0.29, 0.717) is 40.8 Å². The predicted octanol–water partition coefficient (Wildman–Crippen LogP) is 4.97. The summed E-state index contributed by atoms with van der Waals surface area (Å²) < 4.78 is 16.6. The van der Waals surface area contributed by atoms with Gasteiger partial charge in [-0.05, 0) is 56.2 Å². The lowest BCUT2D eigenvalue weighted by molar-refractivity contribution is -0.117. The van der Waals surface area contributed by atoms with Crippen LogP contribution in [0.2, 0.25) is 0 Å². The highest BCUT2D eigenvalue weighted by atomic mass is 16.7. The topological polar surface area (TPSA) is 82.8 Å². The predicted molar refractivity (Wildman–Crippen MR) is 121 cm³/mol. The van der Waals surface area contributed by atoms with E-state index in [-0.39, 0.29) is 12.7 Å². The summed E-state index contributed by atoms with van der Waals surface area (Å²) in [4.78, 5) is 12.6. The summed E-state index contributed by atoms with van der Waals surface area (Å²) in [7, 11) is 0. The van der Waals surface area contributed by atoms with Gasteiger partial charge in [-0.15, -0.1) is 0 Å². The number of ether oxygens (including phenoxy) is 3. The fourth-order valence-corrected chi connectivity index (χ4v) is 2.89. The zero-order valence-electron chi connectivity index (χ0n) is 18.1. The molecular weight excluding hydrogens is 392 g/mol. The molecule has 0 bridgehead atoms. The summed E-state index contributed by atoms with van der Waals surface area (Å²) in [6.45, 7) is 6.42. The lowest BCUT2D eigenvalue weighted by Gasteiger charge is -2.10. The molecular formula is C25H28N2O4. The van der Waals surface area contributed by atoms with Gasteiger partial charge in [-0.2, -0.15) is 0 Å². The fourth-order valence-electron chi connectivity index (χ4n) is 2.89. The molecule has 0 spiro atoms. The first-order valence-corrected chi connectivity index (χ1v) is 10.2. The number of hydrogen-bond donors (Lipinski definition) is 2. The van der Waals surface area contributed by atoms with E-state index in [1.54, 1.807) is 19.1 Å². The van der Waals surface area contributed by atoms with Crippen LogP contribution in [0.1, 0.15) is 32.8 Å². The number of carbonyl (C=O) groups excluding carboxylic acids is 1. The maximum absolute atomic E-state index is 12.6. The summed E-state index contributed by atoms with van der Waals surface area (Å²) >= 11 is 0. The monoisotopic (exact) mass is 420 g/mol. The smallest absolute Gasteiger partial charge is 0.253 e. The number of allylic oxidation sites excluding steroid dienone is 4. The number of hydrogen-bond acceptors (Lipinski definition) is 5. The summed E-state index contributed by atoms with van der Waals surface area (Å²) in [5, 5.41) is 2.92. The molecule has 2 aromatic rings. The van der Waals surface area contributed by atoms with E-state index in [0.717, 1.165) is 12.0 Å². The van der Waals surface area contributed by atoms with E-state index in [4.69, 9.17) is 19.9 Å². The number of nitrogens with one attached hydrogen (secondary N) is 1. The highest BCUT2D eigenvalue weighted by molar-refractivity contribution is 5.96. The molecule has 0 unspecified atom stereocenters. The fraction of sp³-hybridized carbons (Fsp3) is 0.240. The van der Waals surface area contributed by atoms with Gasteiger partial charge in [0.25, 0.3) is 5.91 Å². The molecule has 3 rings (SSSR count). The number of nitrogens with two attached hydrogens (primary N) is 1. The number of fused-ring (bicyclic) bond motifs is 1. The molecule has 1 aliphatic rings. The third-order valence-corrected chi connectivity index (χ3v) is 4.80. The van der Waals surface area contributed by atoms with Gasteiger partial charge >= 0.3 is 0 Å². The second-order valence-electron chi connectivity index (χ2n) is 7.27. The molecule has 0 saturated carbocycles. The van der Waals surface area contributed by atoms with Crippen LogP contribution in [0.3, 0.4) is 0 Å². The molecule has 31 heavy (non-hydrogen) atoms. The first-order valence-electron chi connectivity index (χ1n) is 10.2. The van der Waals surface area contributed by atoms with Crippen LogP contribution in [0.4, 0.5) is 0 Å². The van der Waals surface area contributed by atoms with E-state index in [1.807, 2.05) is 55.5 Å². The Kier molecular flexibility index (Phi) is 7.38. The minimum atomic E-state index is -0.221. The number of benzene rings is 2. The molecule has 1 aliphatic heterocycles. The van der Waals surface area contributed by atoms with Gasteiger partial charge in [0.15, 0.2) is 11.5 Å². The van der Waals surface area contributed by atoms with Gasteiger partial charge in [-0.3, -0.25) is 4.79 Å². The van der Waals surface area contributed by atoms with Gasteiger partial charge < -0.3 is 25.3 Å². The SMILES string of the molecule is CCC(C)=C/C=C\C(C(=O)NCc1cccc(Oc2ccc3c(c2)OCO3)c1)=C(/C)N. The summed E-state index contributed by atoms with van der Waals surface area (Å²) in [5.74, 6) is 2.46. The highest BCUT2D eigenvalue weighted by Crippen LogP contribution is 2.36. The molecule has 0 aliphatic carbocycles. The van der Waals surface area contributed by atoms with Crippen LogP contribution < -0.4 is 25.3 Å². The van der Waals surface area contributed by atoms with Crippen molar-refractivity contribution in [2.24, 2.45) is 5.73 Å². The van der Waals surface area contributed by atoms with E-state index in [9.17, 15) is 4.79 Å². The minimum Gasteiger partial charge on any atom is -0.457 e. The quantitative estimate of drug-likeness (QED) is 0.465. The Labute approximate surface area is 183 Å². The zero-order chi connectivity index (χ0) is 22.2. The average Bonchev–Trinajstić information content (AvgIpc) is 3.23. The Balaban J connectivity index is 1.62. The van der Waals surface area contributed by atoms with Crippen molar-refractivity contribution in [2.45, 2.75) is 33.7 Å². The van der Waals surface area contributed by atoms with E-state index < -0.39 is 0 Å². The Morgan fingerprint density at radius 2 is 1.90 bits per heavy atom. The Bertz CT molecular complexity index is 1030. The van der Waals surface area contributed by atoms with Gasteiger partial charge in [0, 0.05) is 18.3 Å². The van der Waals surface area contributed by atoms with Gasteiger partial charge in [0.05, 0.1) is 5.57 Å². The standard InChI is InChI=1S/C25H28N2O4/c1-4-17(2)7-5-10-22(18(3)26)25(28)27-15-19-8-6-9-20(13-19)31-21-11-12-23-24(14-21)30-16-29-23/h5-14H,4,15-16,26H2,1-3H3,(H,27,28)/b10-5-,17-7?,22-18-. The van der Waals surface area contributed by atoms with Crippen molar-refractivity contribution >= 4 is 5.91 Å². The van der Waals surface area contributed by atoms with Crippen LogP contribution in [0.15, 0.2) is 77.5 Å². The van der Waals surface area contributed by atoms with E-state index in [2.05, 4.69) is 12.2 Å². The third-order valence-electron chi connectivity index (χ3n) is 4.80. The second kappa shape index (κ2) is 10.4. The maximum Gasteiger partial charge on any atom is 0.253 e. The van der Waals surface area contributed by atoms with Gasteiger partial charge in [-0.1, -0.05) is 36.8 Å². The average molecular weight is 421 g/mol. The van der Waals surface area contributed by atoms with E-state index in [1.165, 1.54) is 5.57 Å². The normalized spacial score (nSPS) is 13.8. The van der Waals surface area contributed by atoms with Crippen LogP contribution in [0, 0.1) is 0 Å². The van der Waals surface area contributed by atoms with Crippen molar-refractivity contribution < 1.29 is 19.0 Å². The summed E-state index contributed by atoms with van der Waals surface area (Å²) in [6.07, 6.45) is 6.53. The molecule has 1 amide bonds. The van der Waals surface area contributed by atoms with E-state index >= 15 is 0 Å². The van der Waals surface area contributed by atoms with Gasteiger partial charge in [0.1, 0.15) is 11.5 Å². The molecule has 3 N–H and O–H groups in total. The molecule has 0 atom stereocenters. The number of carbonyl (C=O) groups is 1. The zero-order valence-corrected chi connectivity index (χ0v) is 18.1. The van der Waals surface area contributed by atoms with Crippen LogP contribution in [0.25, 0.3) is 0 Å². The first kappa shape index (κ1) is 22.0. The molecule has 0 aromatic heterocycles. The van der Waals surface area contributed by atoms with Crippen LogP contribution >= 0.6 is 0 Å². The number of amides is 1. The second-order valence-corrected chi connectivity index (χ2v) is 7.27. The molecule has 0 radical (unpaired) electrons. The molecule has 1 heterocycles. The van der Waals surface area contributed by atoms with Crippen molar-refractivity contribution in [3.63, 3.8) is 0 Å². The molecule has 0 saturated heterocycles. The maximum atomic E-state index is 12.6. The summed E-state index contributed by atoms with van der Waals surface area (Å²) in [6, 6.07) is 13.0. The Morgan fingerprint density at radius 3 is 2.68 bits per heavy atom. The molecule has 6 nitrogen and oxygen atoms in total. The Hall–Kier alpha value is -3.67. The van der Waals surface area contributed by atoms with Crippen LogP contribution in [-0.2, 0) is 11.3 Å². The van der Waals surface area contributed by atoms with Gasteiger partial charge in [0.2, 0.25) is 6.79 Å². The van der Waals surface area contributed by atoms with Gasteiger partial charge in [-0.25, -0.2) is 0 Å². The van der Waals surface area contributed by atoms with Crippen molar-refractivity contribution in [2.75, 3.05) is 6.79 Å². The molecule has 162 valence electrons. The first-order chi connectivity index (χ1) is 15.0. The lowest BCUT2D eigenvalue weighted by atomic mass is 10.1. The summed E-state index contributed by atoms with van der Waals surface area (Å²) in [5.41, 5.74) is 8.97. The lowest BCUT2D eigenvalue weighted by Crippen LogP contribution is -2.25. The van der Waals surface area contributed by atoms with Crippen LogP contribution in [0.5, 0.6) is 23.0 Å². The number of rotatable bonds is 8. The largest absolute Gasteiger partial charge is 0.457 e. The molecule has 6 heteroatoms. The van der Waals surface area contributed by atoms with Crippen LogP contribution in [-0.4, -0.2) is 12.7 Å².